The van der Waals surface area contributed by atoms with Crippen LogP contribution in [0.15, 0.2) is 29.6 Å². The lowest BCUT2D eigenvalue weighted by Crippen LogP contribution is -2.60. The Labute approximate surface area is 184 Å². The molecule has 1 aromatic carbocycles. The third-order valence-electron chi connectivity index (χ3n) is 6.31. The van der Waals surface area contributed by atoms with Gasteiger partial charge in [-0.2, -0.15) is 0 Å². The molecule has 8 heteroatoms. The number of likely N-dealkylation sites (tertiary alicyclic amines) is 1. The van der Waals surface area contributed by atoms with Crippen molar-refractivity contribution in [1.29, 1.82) is 0 Å². The van der Waals surface area contributed by atoms with Crippen LogP contribution in [0.4, 0.5) is 5.69 Å². The minimum Gasteiger partial charge on any atom is -0.383 e. The molecule has 0 radical (unpaired) electrons. The highest BCUT2D eigenvalue weighted by molar-refractivity contribution is 6.31. The van der Waals surface area contributed by atoms with Gasteiger partial charge in [0.1, 0.15) is 11.4 Å². The third-order valence-corrected chi connectivity index (χ3v) is 6.63. The molecule has 1 saturated heterocycles. The second kappa shape index (κ2) is 8.65. The summed E-state index contributed by atoms with van der Waals surface area (Å²) in [5.41, 5.74) is 2.59. The molecule has 1 N–H and O–H groups in total. The van der Waals surface area contributed by atoms with E-state index in [1.54, 1.807) is 19.1 Å². The zero-order valence-electron chi connectivity index (χ0n) is 19.0. The van der Waals surface area contributed by atoms with Gasteiger partial charge in [0.25, 0.3) is 5.91 Å². The van der Waals surface area contributed by atoms with E-state index in [2.05, 4.69) is 10.2 Å². The lowest BCUT2D eigenvalue weighted by molar-refractivity contribution is -0.136. The highest BCUT2D eigenvalue weighted by Gasteiger charge is 2.46. The van der Waals surface area contributed by atoms with Gasteiger partial charge < -0.3 is 29.5 Å². The zero-order valence-corrected chi connectivity index (χ0v) is 19.7. The lowest BCUT2D eigenvalue weighted by atomic mass is 9.95. The summed E-state index contributed by atoms with van der Waals surface area (Å²) in [6, 6.07) is 6.02. The van der Waals surface area contributed by atoms with Crippen molar-refractivity contribution >= 4 is 23.2 Å². The molecule has 166 valence electrons. The molecule has 1 aromatic rings. The number of likely N-dealkylation sites (N-methyl/N-ethyl adjacent to an activating group) is 1. The number of hydrogen-bond donors (Lipinski definition) is 1. The lowest BCUT2D eigenvalue weighted by Gasteiger charge is -2.47. The second-order valence-corrected chi connectivity index (χ2v) is 8.86. The number of ether oxygens (including phenoxy) is 2. The molecule has 0 aromatic heterocycles. The first-order valence-corrected chi connectivity index (χ1v) is 10.5. The second-order valence-electron chi connectivity index (χ2n) is 8.45. The first-order valence-electron chi connectivity index (χ1n) is 10.2. The zero-order chi connectivity index (χ0) is 22.2. The van der Waals surface area contributed by atoms with Crippen molar-refractivity contribution in [1.82, 2.24) is 15.1 Å². The Morgan fingerprint density at radius 2 is 2.03 bits per heavy atom. The molecule has 3 atom stereocenters. The van der Waals surface area contributed by atoms with E-state index >= 15 is 0 Å². The summed E-state index contributed by atoms with van der Waals surface area (Å²) < 4.78 is 11.0. The van der Waals surface area contributed by atoms with E-state index in [1.165, 1.54) is 0 Å². The average Bonchev–Trinajstić information content (AvgIpc) is 3.09. The maximum absolute atomic E-state index is 13.6. The van der Waals surface area contributed by atoms with Gasteiger partial charge in [-0.25, -0.2) is 0 Å². The molecule has 0 saturated carbocycles. The van der Waals surface area contributed by atoms with Crippen molar-refractivity contribution in [3.63, 3.8) is 0 Å². The predicted molar refractivity (Wildman–Crippen MR) is 120 cm³/mol. The Bertz CT molecular complexity index is 844. The average molecular weight is 437 g/mol. The number of nitrogens with zero attached hydrogens (tertiary/aromatic N) is 3. The molecule has 2 heterocycles. The summed E-state index contributed by atoms with van der Waals surface area (Å²) in [4.78, 5) is 19.4. The van der Waals surface area contributed by atoms with Crippen LogP contribution in [0.5, 0.6) is 0 Å². The number of halogens is 1. The molecule has 2 aliphatic rings. The van der Waals surface area contributed by atoms with Crippen LogP contribution in [0, 0.1) is 0 Å². The standard InChI is InChI=1S/C22H33ClN4O3/c1-14-20(27-12-17(30-7)10-16(27)13-29-6)21(28)26(5)22(2,24-14)18-9-8-15(25(3)4)11-19(18)23/h8-9,11,16-17,24H,10,12-13H2,1-7H3/t16-,17+,22?/m0/s1. The Morgan fingerprint density at radius 1 is 1.33 bits per heavy atom. The van der Waals surface area contributed by atoms with Gasteiger partial charge >= 0.3 is 0 Å². The monoisotopic (exact) mass is 436 g/mol. The molecule has 30 heavy (non-hydrogen) atoms. The molecular weight excluding hydrogens is 404 g/mol. The van der Waals surface area contributed by atoms with Gasteiger partial charge in [0.15, 0.2) is 0 Å². The van der Waals surface area contributed by atoms with Crippen LogP contribution in [-0.2, 0) is 19.9 Å². The highest BCUT2D eigenvalue weighted by atomic mass is 35.5. The number of amides is 1. The number of hydrogen-bond acceptors (Lipinski definition) is 6. The van der Waals surface area contributed by atoms with Gasteiger partial charge in [0.2, 0.25) is 0 Å². The molecule has 0 bridgehead atoms. The smallest absolute Gasteiger partial charge is 0.273 e. The van der Waals surface area contributed by atoms with Crippen LogP contribution < -0.4 is 10.2 Å². The number of allylic oxidation sites excluding steroid dienone is 1. The Balaban J connectivity index is 1.99. The molecule has 1 amide bonds. The first kappa shape index (κ1) is 22.7. The van der Waals surface area contributed by atoms with E-state index in [0.29, 0.717) is 23.9 Å². The largest absolute Gasteiger partial charge is 0.383 e. The van der Waals surface area contributed by atoms with Crippen molar-refractivity contribution in [2.24, 2.45) is 0 Å². The first-order chi connectivity index (χ1) is 14.1. The summed E-state index contributed by atoms with van der Waals surface area (Å²) in [6.07, 6.45) is 0.901. The van der Waals surface area contributed by atoms with Gasteiger partial charge in [-0.05, 0) is 32.4 Å². The van der Waals surface area contributed by atoms with E-state index in [9.17, 15) is 4.79 Å². The predicted octanol–water partition coefficient (Wildman–Crippen LogP) is 2.61. The van der Waals surface area contributed by atoms with Gasteiger partial charge in [-0.3, -0.25) is 4.79 Å². The Kier molecular flexibility index (Phi) is 6.55. The SMILES string of the molecule is COC[C@@H]1C[C@@H](OC)CN1C1=C(C)NC(C)(c2ccc(N(C)C)cc2Cl)N(C)C1=O. The van der Waals surface area contributed by atoms with Gasteiger partial charge in [-0.15, -0.1) is 0 Å². The minimum absolute atomic E-state index is 0.0423. The summed E-state index contributed by atoms with van der Waals surface area (Å²) in [5, 5.41) is 4.18. The van der Waals surface area contributed by atoms with E-state index in [0.717, 1.165) is 23.4 Å². The molecule has 0 aliphatic carbocycles. The highest BCUT2D eigenvalue weighted by Crippen LogP contribution is 2.39. The normalized spacial score (nSPS) is 27.0. The quantitative estimate of drug-likeness (QED) is 0.739. The molecule has 2 aliphatic heterocycles. The maximum atomic E-state index is 13.6. The number of methoxy groups -OCH3 is 2. The summed E-state index contributed by atoms with van der Waals surface area (Å²) in [6.45, 7) is 5.14. The Morgan fingerprint density at radius 3 is 2.60 bits per heavy atom. The fourth-order valence-corrected chi connectivity index (χ4v) is 4.82. The number of nitrogens with one attached hydrogen (secondary N) is 1. The van der Waals surface area contributed by atoms with Crippen molar-refractivity contribution in [3.05, 3.63) is 40.2 Å². The summed E-state index contributed by atoms with van der Waals surface area (Å²) >= 11 is 6.66. The van der Waals surface area contributed by atoms with Crippen LogP contribution in [0.25, 0.3) is 0 Å². The molecule has 0 spiro atoms. The van der Waals surface area contributed by atoms with Crippen LogP contribution in [-0.4, -0.2) is 76.4 Å². The molecule has 3 rings (SSSR count). The molecule has 1 fully saturated rings. The van der Waals surface area contributed by atoms with E-state index in [4.69, 9.17) is 21.1 Å². The number of benzene rings is 1. The molecular formula is C22H33ClN4O3. The van der Waals surface area contributed by atoms with Crippen molar-refractivity contribution < 1.29 is 14.3 Å². The van der Waals surface area contributed by atoms with Crippen LogP contribution in [0.2, 0.25) is 5.02 Å². The topological polar surface area (TPSA) is 57.3 Å². The summed E-state index contributed by atoms with van der Waals surface area (Å²) in [5.74, 6) is -0.0423. The van der Waals surface area contributed by atoms with Crippen LogP contribution in [0.1, 0.15) is 25.8 Å². The van der Waals surface area contributed by atoms with Crippen molar-refractivity contribution in [2.75, 3.05) is 53.4 Å². The fourth-order valence-electron chi connectivity index (χ4n) is 4.46. The van der Waals surface area contributed by atoms with Crippen LogP contribution in [0.3, 0.4) is 0 Å². The van der Waals surface area contributed by atoms with Gasteiger partial charge in [0, 0.05) is 58.9 Å². The van der Waals surface area contributed by atoms with Crippen molar-refractivity contribution in [2.45, 2.75) is 38.1 Å². The Hall–Kier alpha value is -1.96. The molecule has 1 unspecified atom stereocenters. The van der Waals surface area contributed by atoms with Crippen molar-refractivity contribution in [3.8, 4) is 0 Å². The summed E-state index contributed by atoms with van der Waals surface area (Å²) in [7, 11) is 9.15. The number of carbonyl (C=O) groups excluding carboxylic acids is 1. The number of anilines is 1. The molecule has 7 nitrogen and oxygen atoms in total. The number of rotatable bonds is 6. The van der Waals surface area contributed by atoms with E-state index < -0.39 is 5.66 Å². The number of carbonyl (C=O) groups is 1. The van der Waals surface area contributed by atoms with Crippen LogP contribution >= 0.6 is 11.6 Å². The van der Waals surface area contributed by atoms with E-state index in [-0.39, 0.29) is 18.1 Å². The fraction of sp³-hybridized carbons (Fsp3) is 0.591. The van der Waals surface area contributed by atoms with Gasteiger partial charge in [0.05, 0.1) is 23.8 Å². The maximum Gasteiger partial charge on any atom is 0.273 e. The minimum atomic E-state index is -0.760. The van der Waals surface area contributed by atoms with Gasteiger partial charge in [-0.1, -0.05) is 17.7 Å². The van der Waals surface area contributed by atoms with E-state index in [1.807, 2.05) is 58.1 Å². The third kappa shape index (κ3) is 3.86.